The molecule has 1 fully saturated rings. The molecule has 0 saturated heterocycles. The molecule has 0 aromatic heterocycles. The van der Waals surface area contributed by atoms with Crippen molar-refractivity contribution in [1.82, 2.24) is 0 Å². The van der Waals surface area contributed by atoms with Crippen molar-refractivity contribution >= 4 is 0 Å². The minimum Gasteiger partial charge on any atom is -0.497 e. The highest BCUT2D eigenvalue weighted by Gasteiger charge is 2.27. The van der Waals surface area contributed by atoms with E-state index in [2.05, 4.69) is 0 Å². The first kappa shape index (κ1) is 23.2. The summed E-state index contributed by atoms with van der Waals surface area (Å²) in [6.45, 7) is 0.286. The smallest absolute Gasteiger partial charge is 0.168 e. The number of hydrogen-bond acceptors (Lipinski definition) is 3. The van der Waals surface area contributed by atoms with Gasteiger partial charge in [0.2, 0.25) is 0 Å². The Kier molecular flexibility index (Phi) is 7.23. The van der Waals surface area contributed by atoms with Crippen LogP contribution in [0.4, 0.5) is 13.2 Å². The Labute approximate surface area is 191 Å². The number of aliphatic hydroxyl groups is 1. The second kappa shape index (κ2) is 10.3. The summed E-state index contributed by atoms with van der Waals surface area (Å²) in [7, 11) is 1.48. The zero-order chi connectivity index (χ0) is 23.4. The lowest BCUT2D eigenvalue weighted by Gasteiger charge is -2.29. The Balaban J connectivity index is 1.37. The highest BCUT2D eigenvalue weighted by Crippen LogP contribution is 2.39. The molecule has 0 unspecified atom stereocenters. The summed E-state index contributed by atoms with van der Waals surface area (Å²) in [5, 5.41) is 9.16. The van der Waals surface area contributed by atoms with Gasteiger partial charge in [-0.15, -0.1) is 0 Å². The van der Waals surface area contributed by atoms with E-state index in [9.17, 15) is 13.2 Å². The average Bonchev–Trinajstić information content (AvgIpc) is 2.85. The molecular formula is C27H27F3O3. The van der Waals surface area contributed by atoms with Crippen LogP contribution in [0.1, 0.15) is 42.7 Å². The maximum absolute atomic E-state index is 15.0. The van der Waals surface area contributed by atoms with E-state index in [-0.39, 0.29) is 29.8 Å². The third-order valence-corrected chi connectivity index (χ3v) is 6.46. The third-order valence-electron chi connectivity index (χ3n) is 6.46. The van der Waals surface area contributed by atoms with Gasteiger partial charge in [0.25, 0.3) is 0 Å². The Bertz CT molecular complexity index is 1090. The van der Waals surface area contributed by atoms with Crippen molar-refractivity contribution in [1.29, 1.82) is 0 Å². The van der Waals surface area contributed by atoms with Crippen LogP contribution >= 0.6 is 0 Å². The van der Waals surface area contributed by atoms with Crippen LogP contribution in [0.25, 0.3) is 11.1 Å². The Morgan fingerprint density at radius 3 is 2.24 bits per heavy atom. The monoisotopic (exact) mass is 456 g/mol. The Morgan fingerprint density at radius 1 is 0.879 bits per heavy atom. The van der Waals surface area contributed by atoms with Gasteiger partial charge < -0.3 is 14.6 Å². The molecule has 1 N–H and O–H groups in total. The second-order valence-corrected chi connectivity index (χ2v) is 8.51. The van der Waals surface area contributed by atoms with E-state index in [1.807, 2.05) is 0 Å². The highest BCUT2D eigenvalue weighted by atomic mass is 19.2. The predicted molar refractivity (Wildman–Crippen MR) is 121 cm³/mol. The fraction of sp³-hybridized carbons (Fsp3) is 0.333. The van der Waals surface area contributed by atoms with Crippen molar-refractivity contribution < 1.29 is 27.8 Å². The van der Waals surface area contributed by atoms with Crippen LogP contribution in [-0.2, 0) is 6.61 Å². The van der Waals surface area contributed by atoms with Gasteiger partial charge in [-0.25, -0.2) is 13.2 Å². The average molecular weight is 457 g/mol. The molecule has 0 atom stereocenters. The number of methoxy groups -OCH3 is 1. The van der Waals surface area contributed by atoms with Gasteiger partial charge in [0.05, 0.1) is 20.3 Å². The molecule has 33 heavy (non-hydrogen) atoms. The maximum atomic E-state index is 15.0. The van der Waals surface area contributed by atoms with Crippen LogP contribution in [0.15, 0.2) is 54.6 Å². The first-order valence-corrected chi connectivity index (χ1v) is 11.1. The molecule has 0 spiro atoms. The summed E-state index contributed by atoms with van der Waals surface area (Å²) in [5.41, 5.74) is 1.90. The molecule has 0 bridgehead atoms. The van der Waals surface area contributed by atoms with Crippen LogP contribution in [0.2, 0.25) is 0 Å². The van der Waals surface area contributed by atoms with E-state index in [4.69, 9.17) is 14.6 Å². The van der Waals surface area contributed by atoms with Crippen molar-refractivity contribution in [2.24, 2.45) is 5.92 Å². The summed E-state index contributed by atoms with van der Waals surface area (Å²) >= 11 is 0. The molecule has 1 aliphatic carbocycles. The van der Waals surface area contributed by atoms with Gasteiger partial charge in [0, 0.05) is 11.6 Å². The van der Waals surface area contributed by atoms with Gasteiger partial charge in [-0.05, 0) is 66.3 Å². The molecule has 6 heteroatoms. The van der Waals surface area contributed by atoms with Gasteiger partial charge in [-0.3, -0.25) is 0 Å². The molecule has 0 heterocycles. The fourth-order valence-corrected chi connectivity index (χ4v) is 4.47. The number of rotatable bonds is 7. The summed E-state index contributed by atoms with van der Waals surface area (Å²) < 4.78 is 54.5. The summed E-state index contributed by atoms with van der Waals surface area (Å²) in [5.74, 6) is -1.30. The topological polar surface area (TPSA) is 38.7 Å². The third kappa shape index (κ3) is 5.17. The number of halogens is 3. The maximum Gasteiger partial charge on any atom is 0.168 e. The van der Waals surface area contributed by atoms with E-state index in [0.717, 1.165) is 25.7 Å². The minimum atomic E-state index is -0.843. The molecule has 1 aliphatic rings. The first-order chi connectivity index (χ1) is 16.0. The van der Waals surface area contributed by atoms with Crippen LogP contribution in [-0.4, -0.2) is 18.8 Å². The largest absolute Gasteiger partial charge is 0.497 e. The summed E-state index contributed by atoms with van der Waals surface area (Å²) in [4.78, 5) is 0. The molecule has 4 rings (SSSR count). The molecule has 1 saturated carbocycles. The number of benzene rings is 3. The summed E-state index contributed by atoms with van der Waals surface area (Å²) in [6, 6.07) is 14.6. The summed E-state index contributed by atoms with van der Waals surface area (Å²) in [6.07, 6.45) is 3.04. The van der Waals surface area contributed by atoms with Gasteiger partial charge in [-0.2, -0.15) is 0 Å². The van der Waals surface area contributed by atoms with Gasteiger partial charge >= 0.3 is 0 Å². The minimum absolute atomic E-state index is 0.0562. The lowest BCUT2D eigenvalue weighted by Crippen LogP contribution is -2.20. The normalized spacial score (nSPS) is 18.2. The molecular weight excluding hydrogens is 429 g/mol. The van der Waals surface area contributed by atoms with E-state index < -0.39 is 17.5 Å². The van der Waals surface area contributed by atoms with Crippen LogP contribution in [0.3, 0.4) is 0 Å². The van der Waals surface area contributed by atoms with E-state index in [1.54, 1.807) is 48.5 Å². The van der Waals surface area contributed by atoms with Crippen molar-refractivity contribution in [3.05, 3.63) is 83.2 Å². The zero-order valence-electron chi connectivity index (χ0n) is 18.5. The zero-order valence-corrected chi connectivity index (χ0v) is 18.5. The van der Waals surface area contributed by atoms with Crippen molar-refractivity contribution in [3.63, 3.8) is 0 Å². The van der Waals surface area contributed by atoms with Gasteiger partial charge in [0.15, 0.2) is 23.2 Å². The lowest BCUT2D eigenvalue weighted by molar-refractivity contribution is 0.193. The number of ether oxygens (including phenoxy) is 2. The fourth-order valence-electron chi connectivity index (χ4n) is 4.47. The van der Waals surface area contributed by atoms with E-state index in [1.165, 1.54) is 13.2 Å². The van der Waals surface area contributed by atoms with Crippen LogP contribution < -0.4 is 9.47 Å². The number of hydrogen-bond donors (Lipinski definition) is 1. The molecule has 174 valence electrons. The van der Waals surface area contributed by atoms with Gasteiger partial charge in [0.1, 0.15) is 5.75 Å². The molecule has 3 aromatic carbocycles. The highest BCUT2D eigenvalue weighted by molar-refractivity contribution is 5.65. The van der Waals surface area contributed by atoms with E-state index in [0.29, 0.717) is 29.0 Å². The molecule has 0 amide bonds. The quantitative estimate of drug-likeness (QED) is 0.434. The molecule has 0 aliphatic heterocycles. The van der Waals surface area contributed by atoms with Crippen molar-refractivity contribution in [2.45, 2.75) is 38.2 Å². The predicted octanol–water partition coefficient (Wildman–Crippen LogP) is 6.62. The molecule has 3 nitrogen and oxygen atoms in total. The molecule has 3 aromatic rings. The Morgan fingerprint density at radius 2 is 1.61 bits per heavy atom. The Hall–Kier alpha value is -2.99. The van der Waals surface area contributed by atoms with Crippen LogP contribution in [0.5, 0.6) is 11.5 Å². The van der Waals surface area contributed by atoms with E-state index >= 15 is 0 Å². The van der Waals surface area contributed by atoms with Crippen molar-refractivity contribution in [2.75, 3.05) is 13.7 Å². The standard InChI is InChI=1S/C27H27F3O3/c1-32-21-10-13-25(24(28)14-21)33-16-18-4-8-20(9-5-18)23-12-11-22(26(29)27(23)30)19-6-2-17(15-31)3-7-19/h2-3,6-7,10-14,18,20,31H,4-5,8-9,15-16H2,1H3. The van der Waals surface area contributed by atoms with Crippen LogP contribution in [0, 0.1) is 23.4 Å². The van der Waals surface area contributed by atoms with Crippen molar-refractivity contribution in [3.8, 4) is 22.6 Å². The first-order valence-electron chi connectivity index (χ1n) is 11.1. The lowest BCUT2D eigenvalue weighted by atomic mass is 9.78. The molecule has 0 radical (unpaired) electrons. The van der Waals surface area contributed by atoms with Gasteiger partial charge in [-0.1, -0.05) is 36.4 Å². The number of aliphatic hydroxyl groups excluding tert-OH is 1. The second-order valence-electron chi connectivity index (χ2n) is 8.51. The SMILES string of the molecule is COc1ccc(OCC2CCC(c3ccc(-c4ccc(CO)cc4)c(F)c3F)CC2)c(F)c1.